The van der Waals surface area contributed by atoms with Gasteiger partial charge in [-0.2, -0.15) is 5.21 Å². The van der Waals surface area contributed by atoms with Crippen molar-refractivity contribution in [1.82, 2.24) is 20.6 Å². The van der Waals surface area contributed by atoms with Crippen molar-refractivity contribution in [3.8, 4) is 0 Å². The van der Waals surface area contributed by atoms with E-state index >= 15 is 0 Å². The van der Waals surface area contributed by atoms with Crippen molar-refractivity contribution in [1.29, 1.82) is 0 Å². The van der Waals surface area contributed by atoms with Crippen LogP contribution < -0.4 is 5.32 Å². The minimum absolute atomic E-state index is 0.115. The van der Waals surface area contributed by atoms with E-state index in [0.29, 0.717) is 5.82 Å². The maximum Gasteiger partial charge on any atom is 0.232 e. The average molecular weight is 231 g/mol. The first-order chi connectivity index (χ1) is 8.16. The standard InChI is InChI=1S/C11H13N5O/c1-7-4-3-5-9(8(7)2)12-11(17)6-10-13-15-16-14-10/h3-5H,6H2,1-2H3,(H,12,17)(H,13,14,15,16). The number of H-pyrrole nitrogens is 1. The molecule has 0 bridgehead atoms. The molecule has 1 aromatic heterocycles. The lowest BCUT2D eigenvalue weighted by Gasteiger charge is -2.09. The number of amides is 1. The normalized spacial score (nSPS) is 10.2. The summed E-state index contributed by atoms with van der Waals surface area (Å²) in [5.41, 5.74) is 3.02. The quantitative estimate of drug-likeness (QED) is 0.825. The summed E-state index contributed by atoms with van der Waals surface area (Å²) in [5, 5.41) is 16.0. The summed E-state index contributed by atoms with van der Waals surface area (Å²) in [4.78, 5) is 11.7. The van der Waals surface area contributed by atoms with Gasteiger partial charge in [0.1, 0.15) is 0 Å². The van der Waals surface area contributed by atoms with Crippen molar-refractivity contribution in [3.63, 3.8) is 0 Å². The Labute approximate surface area is 98.4 Å². The van der Waals surface area contributed by atoms with Crippen LogP contribution in [0.2, 0.25) is 0 Å². The maximum atomic E-state index is 11.7. The monoisotopic (exact) mass is 231 g/mol. The van der Waals surface area contributed by atoms with E-state index < -0.39 is 0 Å². The van der Waals surface area contributed by atoms with Gasteiger partial charge in [0.2, 0.25) is 5.91 Å². The Bertz CT molecular complexity index is 521. The van der Waals surface area contributed by atoms with Gasteiger partial charge in [-0.15, -0.1) is 10.2 Å². The van der Waals surface area contributed by atoms with Gasteiger partial charge < -0.3 is 5.32 Å². The zero-order valence-electron chi connectivity index (χ0n) is 9.69. The molecule has 0 aliphatic carbocycles. The smallest absolute Gasteiger partial charge is 0.232 e. The van der Waals surface area contributed by atoms with Gasteiger partial charge in [0.05, 0.1) is 6.42 Å². The van der Waals surface area contributed by atoms with Crippen LogP contribution in [0.25, 0.3) is 0 Å². The number of anilines is 1. The highest BCUT2D eigenvalue weighted by Gasteiger charge is 2.09. The molecule has 2 rings (SSSR count). The highest BCUT2D eigenvalue weighted by molar-refractivity contribution is 5.92. The minimum atomic E-state index is -0.153. The molecule has 0 spiro atoms. The Kier molecular flexibility index (Phi) is 3.13. The number of aromatic amines is 1. The molecule has 0 aliphatic heterocycles. The van der Waals surface area contributed by atoms with Crippen LogP contribution in [0.15, 0.2) is 18.2 Å². The SMILES string of the molecule is Cc1cccc(NC(=O)Cc2nn[nH]n2)c1C. The number of rotatable bonds is 3. The third-order valence-corrected chi connectivity index (χ3v) is 2.59. The van der Waals surface area contributed by atoms with E-state index in [0.717, 1.165) is 16.8 Å². The Hall–Kier alpha value is -2.24. The second-order valence-electron chi connectivity index (χ2n) is 3.80. The van der Waals surface area contributed by atoms with Gasteiger partial charge in [0.25, 0.3) is 0 Å². The molecule has 2 N–H and O–H groups in total. The zero-order chi connectivity index (χ0) is 12.3. The summed E-state index contributed by atoms with van der Waals surface area (Å²) in [7, 11) is 0. The minimum Gasteiger partial charge on any atom is -0.325 e. The number of aromatic nitrogens is 4. The molecule has 1 heterocycles. The fraction of sp³-hybridized carbons (Fsp3) is 0.273. The molecule has 6 heteroatoms. The molecule has 6 nitrogen and oxygen atoms in total. The van der Waals surface area contributed by atoms with Gasteiger partial charge in [-0.25, -0.2) is 0 Å². The third kappa shape index (κ3) is 2.66. The molecule has 0 unspecified atom stereocenters. The third-order valence-electron chi connectivity index (χ3n) is 2.59. The molecule has 88 valence electrons. The topological polar surface area (TPSA) is 83.6 Å². The maximum absolute atomic E-state index is 11.7. The van der Waals surface area contributed by atoms with Gasteiger partial charge in [-0.1, -0.05) is 17.3 Å². The predicted octanol–water partition coefficient (Wildman–Crippen LogP) is 0.998. The van der Waals surface area contributed by atoms with Crippen LogP contribution in [0.4, 0.5) is 5.69 Å². The van der Waals surface area contributed by atoms with Gasteiger partial charge in [-0.05, 0) is 31.0 Å². The molecule has 0 aliphatic rings. The number of nitrogens with zero attached hydrogens (tertiary/aromatic N) is 3. The summed E-state index contributed by atoms with van der Waals surface area (Å²) in [6.07, 6.45) is 0.115. The number of hydrogen-bond acceptors (Lipinski definition) is 4. The Morgan fingerprint density at radius 1 is 1.41 bits per heavy atom. The lowest BCUT2D eigenvalue weighted by molar-refractivity contribution is -0.115. The number of nitrogens with one attached hydrogen (secondary N) is 2. The van der Waals surface area contributed by atoms with Gasteiger partial charge in [0.15, 0.2) is 5.82 Å². The summed E-state index contributed by atoms with van der Waals surface area (Å²) < 4.78 is 0. The summed E-state index contributed by atoms with van der Waals surface area (Å²) in [6, 6.07) is 5.78. The number of carbonyl (C=O) groups is 1. The number of carbonyl (C=O) groups excluding carboxylic acids is 1. The Morgan fingerprint density at radius 2 is 2.24 bits per heavy atom. The first-order valence-electron chi connectivity index (χ1n) is 5.25. The van der Waals surface area contributed by atoms with E-state index in [9.17, 15) is 4.79 Å². The predicted molar refractivity (Wildman–Crippen MR) is 62.4 cm³/mol. The van der Waals surface area contributed by atoms with E-state index in [1.54, 1.807) is 0 Å². The highest BCUT2D eigenvalue weighted by atomic mass is 16.1. The zero-order valence-corrected chi connectivity index (χ0v) is 9.69. The van der Waals surface area contributed by atoms with Crippen molar-refractivity contribution in [2.24, 2.45) is 0 Å². The van der Waals surface area contributed by atoms with Crippen molar-refractivity contribution >= 4 is 11.6 Å². The molecule has 1 amide bonds. The summed E-state index contributed by atoms with van der Waals surface area (Å²) >= 11 is 0. The highest BCUT2D eigenvalue weighted by Crippen LogP contribution is 2.17. The van der Waals surface area contributed by atoms with E-state index in [2.05, 4.69) is 25.9 Å². The molecule has 0 fully saturated rings. The van der Waals surface area contributed by atoms with Crippen LogP contribution in [0.5, 0.6) is 0 Å². The van der Waals surface area contributed by atoms with Gasteiger partial charge in [-0.3, -0.25) is 4.79 Å². The fourth-order valence-corrected chi connectivity index (χ4v) is 1.48. The largest absolute Gasteiger partial charge is 0.325 e. The van der Waals surface area contributed by atoms with Gasteiger partial charge in [0, 0.05) is 5.69 Å². The molecule has 0 saturated heterocycles. The molecule has 2 aromatic rings. The molecular formula is C11H13N5O. The molecule has 17 heavy (non-hydrogen) atoms. The van der Waals surface area contributed by atoms with Gasteiger partial charge >= 0.3 is 0 Å². The average Bonchev–Trinajstić information content (AvgIpc) is 2.77. The number of benzene rings is 1. The van der Waals surface area contributed by atoms with Crippen LogP contribution in [-0.4, -0.2) is 26.5 Å². The molecule has 0 saturated carbocycles. The van der Waals surface area contributed by atoms with Crippen LogP contribution in [-0.2, 0) is 11.2 Å². The fourth-order valence-electron chi connectivity index (χ4n) is 1.48. The van der Waals surface area contributed by atoms with Crippen molar-refractivity contribution in [3.05, 3.63) is 35.2 Å². The van der Waals surface area contributed by atoms with Crippen molar-refractivity contribution < 1.29 is 4.79 Å². The molecule has 1 aromatic carbocycles. The van der Waals surface area contributed by atoms with E-state index in [4.69, 9.17) is 0 Å². The Morgan fingerprint density at radius 3 is 2.94 bits per heavy atom. The van der Waals surface area contributed by atoms with E-state index in [-0.39, 0.29) is 12.3 Å². The number of tetrazole rings is 1. The second-order valence-corrected chi connectivity index (χ2v) is 3.80. The van der Waals surface area contributed by atoms with Crippen LogP contribution >= 0.6 is 0 Å². The lowest BCUT2D eigenvalue weighted by atomic mass is 10.1. The molecular weight excluding hydrogens is 218 g/mol. The summed E-state index contributed by atoms with van der Waals surface area (Å²) in [6.45, 7) is 3.98. The second kappa shape index (κ2) is 4.73. The van der Waals surface area contributed by atoms with Crippen LogP contribution in [0, 0.1) is 13.8 Å². The summed E-state index contributed by atoms with van der Waals surface area (Å²) in [5.74, 6) is 0.230. The van der Waals surface area contributed by atoms with Crippen LogP contribution in [0.3, 0.4) is 0 Å². The number of aryl methyl sites for hydroxylation is 1. The first kappa shape index (κ1) is 11.3. The van der Waals surface area contributed by atoms with Crippen LogP contribution in [0.1, 0.15) is 17.0 Å². The molecule has 0 atom stereocenters. The first-order valence-corrected chi connectivity index (χ1v) is 5.25. The lowest BCUT2D eigenvalue weighted by Crippen LogP contribution is -2.16. The van der Waals surface area contributed by atoms with Crippen molar-refractivity contribution in [2.75, 3.05) is 5.32 Å². The molecule has 0 radical (unpaired) electrons. The van der Waals surface area contributed by atoms with E-state index in [1.165, 1.54) is 0 Å². The Balaban J connectivity index is 2.06. The van der Waals surface area contributed by atoms with Crippen molar-refractivity contribution in [2.45, 2.75) is 20.3 Å². The van der Waals surface area contributed by atoms with E-state index in [1.807, 2.05) is 32.0 Å². The number of hydrogen-bond donors (Lipinski definition) is 2.